The van der Waals surface area contributed by atoms with Gasteiger partial charge >= 0.3 is 5.97 Å². The number of thioether (sulfide) groups is 1. The number of carboxylic acids is 1. The first-order chi connectivity index (χ1) is 7.57. The second kappa shape index (κ2) is 9.47. The fraction of sp³-hybridized carbons (Fsp3) is 0.800. The molecule has 0 aromatic carbocycles. The lowest BCUT2D eigenvalue weighted by molar-refractivity contribution is -0.140. The summed E-state index contributed by atoms with van der Waals surface area (Å²) in [4.78, 5) is 21.5. The molecule has 1 atom stereocenters. The molecule has 0 heterocycles. The Kier molecular flexibility index (Phi) is 9.03. The van der Waals surface area contributed by atoms with Crippen molar-refractivity contribution >= 4 is 23.6 Å². The van der Waals surface area contributed by atoms with Gasteiger partial charge in [-0.1, -0.05) is 0 Å². The number of nitrogens with one attached hydrogen (secondary N) is 1. The first kappa shape index (κ1) is 15.2. The van der Waals surface area contributed by atoms with Crippen molar-refractivity contribution in [3.05, 3.63) is 0 Å². The largest absolute Gasteiger partial charge is 0.480 e. The van der Waals surface area contributed by atoms with E-state index in [1.54, 1.807) is 0 Å². The summed E-state index contributed by atoms with van der Waals surface area (Å²) in [6.45, 7) is 4.65. The number of aliphatic carboxylic acids is 1. The molecule has 94 valence electrons. The zero-order valence-corrected chi connectivity index (χ0v) is 10.5. The summed E-state index contributed by atoms with van der Waals surface area (Å²) in [7, 11) is 0. The third-order valence-electron chi connectivity index (χ3n) is 1.74. The Morgan fingerprint density at radius 1 is 1.50 bits per heavy atom. The number of hydrogen-bond acceptors (Lipinski definition) is 4. The molecule has 0 aromatic heterocycles. The van der Waals surface area contributed by atoms with Crippen molar-refractivity contribution in [1.29, 1.82) is 0 Å². The molecule has 0 aliphatic carbocycles. The van der Waals surface area contributed by atoms with Crippen LogP contribution in [-0.2, 0) is 14.3 Å². The van der Waals surface area contributed by atoms with Crippen LogP contribution in [0.25, 0.3) is 0 Å². The van der Waals surface area contributed by atoms with Crippen molar-refractivity contribution in [2.24, 2.45) is 0 Å². The van der Waals surface area contributed by atoms with Gasteiger partial charge in [-0.2, -0.15) is 11.8 Å². The number of hydrogen-bond donors (Lipinski definition) is 2. The molecule has 0 saturated heterocycles. The molecular formula is C10H19NO4S. The maximum absolute atomic E-state index is 10.7. The third-order valence-corrected chi connectivity index (χ3v) is 2.89. The van der Waals surface area contributed by atoms with E-state index >= 15 is 0 Å². The number of carbonyl (C=O) groups excluding carboxylic acids is 1. The molecule has 0 spiro atoms. The molecule has 0 aliphatic rings. The zero-order chi connectivity index (χ0) is 12.4. The Morgan fingerprint density at radius 2 is 2.19 bits per heavy atom. The predicted octanol–water partition coefficient (Wildman–Crippen LogP) is 0.736. The number of rotatable bonds is 9. The van der Waals surface area contributed by atoms with E-state index in [0.29, 0.717) is 19.0 Å². The van der Waals surface area contributed by atoms with Gasteiger partial charge in [0.1, 0.15) is 6.04 Å². The van der Waals surface area contributed by atoms with E-state index in [1.807, 2.05) is 6.92 Å². The van der Waals surface area contributed by atoms with Crippen LogP contribution in [-0.4, -0.2) is 47.7 Å². The summed E-state index contributed by atoms with van der Waals surface area (Å²) < 4.78 is 5.15. The topological polar surface area (TPSA) is 75.6 Å². The van der Waals surface area contributed by atoms with Gasteiger partial charge in [0, 0.05) is 25.9 Å². The quantitative estimate of drug-likeness (QED) is 0.589. The van der Waals surface area contributed by atoms with Gasteiger partial charge < -0.3 is 15.2 Å². The highest BCUT2D eigenvalue weighted by Gasteiger charge is 2.17. The fourth-order valence-corrected chi connectivity index (χ4v) is 1.98. The van der Waals surface area contributed by atoms with Gasteiger partial charge in [0.05, 0.1) is 0 Å². The highest BCUT2D eigenvalue weighted by atomic mass is 32.2. The lowest BCUT2D eigenvalue weighted by atomic mass is 10.3. The number of ether oxygens (including phenoxy) is 1. The summed E-state index contributed by atoms with van der Waals surface area (Å²) in [5.41, 5.74) is 0. The van der Waals surface area contributed by atoms with Crippen molar-refractivity contribution < 1.29 is 19.4 Å². The van der Waals surface area contributed by atoms with Gasteiger partial charge in [-0.15, -0.1) is 0 Å². The highest BCUT2D eigenvalue weighted by Crippen LogP contribution is 2.05. The van der Waals surface area contributed by atoms with Crippen molar-refractivity contribution in [3.63, 3.8) is 0 Å². The van der Waals surface area contributed by atoms with E-state index < -0.39 is 12.0 Å². The lowest BCUT2D eigenvalue weighted by Gasteiger charge is -2.12. The standard InChI is InChI=1S/C10H19NO4S/c1-3-15-5-4-6-16-7-9(10(13)14)11-8(2)12/h9H,3-7H2,1-2H3,(H,11,12)(H,13,14). The van der Waals surface area contributed by atoms with Crippen LogP contribution in [0.15, 0.2) is 0 Å². The molecule has 0 aromatic rings. The van der Waals surface area contributed by atoms with E-state index in [1.165, 1.54) is 18.7 Å². The number of carboxylic acid groups (broad SMARTS) is 1. The minimum atomic E-state index is -0.993. The molecule has 0 radical (unpaired) electrons. The average molecular weight is 249 g/mol. The summed E-state index contributed by atoms with van der Waals surface area (Å²) in [5, 5.41) is 11.2. The Labute approximate surface area is 99.9 Å². The summed E-state index contributed by atoms with van der Waals surface area (Å²) in [6.07, 6.45) is 0.894. The number of amides is 1. The zero-order valence-electron chi connectivity index (χ0n) is 9.69. The highest BCUT2D eigenvalue weighted by molar-refractivity contribution is 7.99. The minimum Gasteiger partial charge on any atom is -0.480 e. The van der Waals surface area contributed by atoms with Gasteiger partial charge in [0.25, 0.3) is 0 Å². The second-order valence-electron chi connectivity index (χ2n) is 3.22. The van der Waals surface area contributed by atoms with E-state index in [0.717, 1.165) is 12.2 Å². The monoisotopic (exact) mass is 249 g/mol. The maximum Gasteiger partial charge on any atom is 0.327 e. The Morgan fingerprint density at radius 3 is 2.69 bits per heavy atom. The van der Waals surface area contributed by atoms with Crippen molar-refractivity contribution in [1.82, 2.24) is 5.32 Å². The normalized spacial score (nSPS) is 12.1. The Balaban J connectivity index is 3.60. The molecular weight excluding hydrogens is 230 g/mol. The van der Waals surface area contributed by atoms with Crippen LogP contribution in [0.4, 0.5) is 0 Å². The first-order valence-electron chi connectivity index (χ1n) is 5.23. The molecule has 1 amide bonds. The van der Waals surface area contributed by atoms with Crippen molar-refractivity contribution in [2.75, 3.05) is 24.7 Å². The van der Waals surface area contributed by atoms with E-state index in [2.05, 4.69) is 5.32 Å². The molecule has 0 rings (SSSR count). The second-order valence-corrected chi connectivity index (χ2v) is 4.37. The summed E-state index contributed by atoms with van der Waals surface area (Å²) in [6, 6.07) is -0.797. The number of carbonyl (C=O) groups is 2. The average Bonchev–Trinajstić information content (AvgIpc) is 2.20. The van der Waals surface area contributed by atoms with Crippen LogP contribution < -0.4 is 5.32 Å². The molecule has 0 fully saturated rings. The molecule has 6 heteroatoms. The Hall–Kier alpha value is -0.750. The smallest absolute Gasteiger partial charge is 0.327 e. The molecule has 16 heavy (non-hydrogen) atoms. The van der Waals surface area contributed by atoms with Gasteiger partial charge in [0.2, 0.25) is 5.91 Å². The van der Waals surface area contributed by atoms with Crippen LogP contribution in [0.5, 0.6) is 0 Å². The van der Waals surface area contributed by atoms with Crippen LogP contribution in [0, 0.1) is 0 Å². The van der Waals surface area contributed by atoms with Crippen molar-refractivity contribution in [3.8, 4) is 0 Å². The fourth-order valence-electron chi connectivity index (χ4n) is 1.03. The van der Waals surface area contributed by atoms with Gasteiger partial charge in [-0.3, -0.25) is 4.79 Å². The van der Waals surface area contributed by atoms with Crippen LogP contribution in [0.2, 0.25) is 0 Å². The van der Waals surface area contributed by atoms with Crippen molar-refractivity contribution in [2.45, 2.75) is 26.3 Å². The van der Waals surface area contributed by atoms with Crippen LogP contribution in [0.3, 0.4) is 0 Å². The van der Waals surface area contributed by atoms with E-state index in [-0.39, 0.29) is 5.91 Å². The minimum absolute atomic E-state index is 0.317. The molecule has 2 N–H and O–H groups in total. The molecule has 0 saturated carbocycles. The van der Waals surface area contributed by atoms with Gasteiger partial charge in [0.15, 0.2) is 0 Å². The Bertz CT molecular complexity index is 223. The van der Waals surface area contributed by atoms with Gasteiger partial charge in [-0.05, 0) is 19.1 Å². The van der Waals surface area contributed by atoms with E-state index in [4.69, 9.17) is 9.84 Å². The first-order valence-corrected chi connectivity index (χ1v) is 6.38. The van der Waals surface area contributed by atoms with E-state index in [9.17, 15) is 9.59 Å². The van der Waals surface area contributed by atoms with Crippen LogP contribution >= 0.6 is 11.8 Å². The molecule has 1 unspecified atom stereocenters. The predicted molar refractivity (Wildman–Crippen MR) is 63.7 cm³/mol. The van der Waals surface area contributed by atoms with Crippen LogP contribution in [0.1, 0.15) is 20.3 Å². The lowest BCUT2D eigenvalue weighted by Crippen LogP contribution is -2.41. The maximum atomic E-state index is 10.7. The molecule has 5 nitrogen and oxygen atoms in total. The molecule has 0 bridgehead atoms. The third kappa shape index (κ3) is 8.55. The SMILES string of the molecule is CCOCCCSCC(NC(C)=O)C(=O)O. The molecule has 0 aliphatic heterocycles. The summed E-state index contributed by atoms with van der Waals surface area (Å²) in [5.74, 6) is -0.0838. The summed E-state index contributed by atoms with van der Waals surface area (Å²) >= 11 is 1.51. The van der Waals surface area contributed by atoms with Gasteiger partial charge in [-0.25, -0.2) is 4.79 Å².